The number of aromatic amines is 1. The molecule has 0 saturated heterocycles. The van der Waals surface area contributed by atoms with E-state index in [1.807, 2.05) is 12.3 Å². The average Bonchev–Trinajstić information content (AvgIpc) is 3.32. The topological polar surface area (TPSA) is 53.6 Å². The molecule has 1 aliphatic carbocycles. The second-order valence-corrected chi connectivity index (χ2v) is 6.93. The normalized spacial score (nSPS) is 14.0. The highest BCUT2D eigenvalue weighted by Crippen LogP contribution is 2.23. The highest BCUT2D eigenvalue weighted by atomic mass is 14.9. The Kier molecular flexibility index (Phi) is 3.76. The molecule has 2 heterocycles. The summed E-state index contributed by atoms with van der Waals surface area (Å²) in [6, 6.07) is 19.7. The Morgan fingerprint density at radius 3 is 2.50 bits per heavy atom. The summed E-state index contributed by atoms with van der Waals surface area (Å²) in [5, 5.41) is 3.65. The molecule has 0 atom stereocenters. The molecule has 2 aromatic carbocycles. The van der Waals surface area contributed by atoms with E-state index < -0.39 is 0 Å². The third-order valence-electron chi connectivity index (χ3n) is 5.20. The summed E-state index contributed by atoms with van der Waals surface area (Å²) in [4.78, 5) is 12.1. The summed E-state index contributed by atoms with van der Waals surface area (Å²) in [5.41, 5.74) is 8.34. The van der Waals surface area contributed by atoms with Crippen molar-refractivity contribution >= 4 is 11.0 Å². The first kappa shape index (κ1) is 15.3. The Labute approximate surface area is 152 Å². The number of hydrogen-bond donors (Lipinski definition) is 2. The molecule has 0 aliphatic heterocycles. The standard InChI is InChI=1S/C22H20N4/c1-2-4-16-10-20(9-15(16)3-1)24-13-19-7-5-18(12-23-19)17-6-8-21-22(11-17)26-14-25-21/h1-8,11-12,14,20,24H,9-10,13H2,(H,25,26). The maximum absolute atomic E-state index is 4.64. The Morgan fingerprint density at radius 1 is 0.923 bits per heavy atom. The Hall–Kier alpha value is -2.98. The highest BCUT2D eigenvalue weighted by molar-refractivity contribution is 5.81. The van der Waals surface area contributed by atoms with Crippen molar-refractivity contribution in [1.29, 1.82) is 0 Å². The molecule has 0 amide bonds. The third kappa shape index (κ3) is 2.89. The fourth-order valence-electron chi connectivity index (χ4n) is 3.77. The third-order valence-corrected chi connectivity index (χ3v) is 5.20. The first-order valence-electron chi connectivity index (χ1n) is 9.04. The van der Waals surface area contributed by atoms with Crippen LogP contribution in [0.3, 0.4) is 0 Å². The van der Waals surface area contributed by atoms with Gasteiger partial charge in [-0.1, -0.05) is 36.4 Å². The minimum atomic E-state index is 0.511. The second-order valence-electron chi connectivity index (χ2n) is 6.93. The quantitative estimate of drug-likeness (QED) is 0.593. The molecule has 0 bridgehead atoms. The Balaban J connectivity index is 1.25. The molecular weight excluding hydrogens is 320 g/mol. The van der Waals surface area contributed by atoms with Gasteiger partial charge >= 0.3 is 0 Å². The fraction of sp³-hybridized carbons (Fsp3) is 0.182. The largest absolute Gasteiger partial charge is 0.345 e. The average molecular weight is 340 g/mol. The molecule has 0 spiro atoms. The van der Waals surface area contributed by atoms with Crippen LogP contribution in [0, 0.1) is 0 Å². The van der Waals surface area contributed by atoms with Crippen LogP contribution in [0.25, 0.3) is 22.2 Å². The lowest BCUT2D eigenvalue weighted by atomic mass is 10.1. The van der Waals surface area contributed by atoms with E-state index in [0.717, 1.165) is 47.2 Å². The van der Waals surface area contributed by atoms with Crippen molar-refractivity contribution in [3.8, 4) is 11.1 Å². The van der Waals surface area contributed by atoms with Gasteiger partial charge in [0, 0.05) is 24.3 Å². The molecule has 4 aromatic rings. The predicted molar refractivity (Wildman–Crippen MR) is 104 cm³/mol. The van der Waals surface area contributed by atoms with Crippen molar-refractivity contribution in [2.45, 2.75) is 25.4 Å². The second kappa shape index (κ2) is 6.39. The van der Waals surface area contributed by atoms with E-state index in [2.05, 4.69) is 68.8 Å². The zero-order chi connectivity index (χ0) is 17.3. The van der Waals surface area contributed by atoms with Crippen LogP contribution in [0.15, 0.2) is 67.1 Å². The number of benzene rings is 2. The molecule has 5 rings (SSSR count). The minimum Gasteiger partial charge on any atom is -0.345 e. The van der Waals surface area contributed by atoms with Crippen LogP contribution < -0.4 is 5.32 Å². The molecule has 0 radical (unpaired) electrons. The van der Waals surface area contributed by atoms with Gasteiger partial charge in [0.25, 0.3) is 0 Å². The molecule has 128 valence electrons. The van der Waals surface area contributed by atoms with Crippen LogP contribution in [0.5, 0.6) is 0 Å². The SMILES string of the molecule is c1ccc2c(c1)CC(NCc1ccc(-c3ccc4nc[nH]c4c3)cn1)C2. The van der Waals surface area contributed by atoms with Crippen molar-refractivity contribution < 1.29 is 0 Å². The van der Waals surface area contributed by atoms with Crippen LogP contribution in [0.2, 0.25) is 0 Å². The Morgan fingerprint density at radius 2 is 1.73 bits per heavy atom. The summed E-state index contributed by atoms with van der Waals surface area (Å²) in [5.74, 6) is 0. The van der Waals surface area contributed by atoms with Crippen LogP contribution in [0.1, 0.15) is 16.8 Å². The lowest BCUT2D eigenvalue weighted by molar-refractivity contribution is 0.528. The van der Waals surface area contributed by atoms with E-state index in [1.54, 1.807) is 6.33 Å². The van der Waals surface area contributed by atoms with Gasteiger partial charge in [-0.05, 0) is 47.7 Å². The van der Waals surface area contributed by atoms with Crippen molar-refractivity contribution in [2.24, 2.45) is 0 Å². The summed E-state index contributed by atoms with van der Waals surface area (Å²) >= 11 is 0. The van der Waals surface area contributed by atoms with Crippen LogP contribution in [0.4, 0.5) is 0 Å². The lowest BCUT2D eigenvalue weighted by Crippen LogP contribution is -2.29. The van der Waals surface area contributed by atoms with E-state index in [4.69, 9.17) is 0 Å². The number of nitrogens with zero attached hydrogens (tertiary/aromatic N) is 2. The molecule has 1 aliphatic rings. The number of rotatable bonds is 4. The van der Waals surface area contributed by atoms with Crippen molar-refractivity contribution in [3.63, 3.8) is 0 Å². The maximum Gasteiger partial charge on any atom is 0.0931 e. The van der Waals surface area contributed by atoms with Gasteiger partial charge in [0.1, 0.15) is 0 Å². The van der Waals surface area contributed by atoms with Crippen LogP contribution in [-0.2, 0) is 19.4 Å². The number of hydrogen-bond acceptors (Lipinski definition) is 3. The highest BCUT2D eigenvalue weighted by Gasteiger charge is 2.20. The molecule has 26 heavy (non-hydrogen) atoms. The predicted octanol–water partition coefficient (Wildman–Crippen LogP) is 3.88. The number of nitrogens with one attached hydrogen (secondary N) is 2. The molecule has 4 nitrogen and oxygen atoms in total. The first-order chi connectivity index (χ1) is 12.8. The smallest absolute Gasteiger partial charge is 0.0931 e. The molecule has 2 aromatic heterocycles. The first-order valence-corrected chi connectivity index (χ1v) is 9.04. The van der Waals surface area contributed by atoms with Crippen molar-refractivity contribution in [1.82, 2.24) is 20.3 Å². The summed E-state index contributed by atoms with van der Waals surface area (Å²) in [7, 11) is 0. The molecule has 0 fully saturated rings. The minimum absolute atomic E-state index is 0.511. The number of fused-ring (bicyclic) bond motifs is 2. The monoisotopic (exact) mass is 340 g/mol. The van der Waals surface area contributed by atoms with Crippen molar-refractivity contribution in [3.05, 3.63) is 83.9 Å². The summed E-state index contributed by atoms with van der Waals surface area (Å²) in [6.45, 7) is 0.804. The maximum atomic E-state index is 4.64. The van der Waals surface area contributed by atoms with Gasteiger partial charge in [0.15, 0.2) is 0 Å². The van der Waals surface area contributed by atoms with Gasteiger partial charge in [0.05, 0.1) is 23.1 Å². The fourth-order valence-corrected chi connectivity index (χ4v) is 3.77. The van der Waals surface area contributed by atoms with Gasteiger partial charge in [-0.3, -0.25) is 4.98 Å². The van der Waals surface area contributed by atoms with E-state index in [-0.39, 0.29) is 0 Å². The zero-order valence-electron chi connectivity index (χ0n) is 14.4. The van der Waals surface area contributed by atoms with Crippen molar-refractivity contribution in [2.75, 3.05) is 0 Å². The van der Waals surface area contributed by atoms with E-state index in [1.165, 1.54) is 11.1 Å². The van der Waals surface area contributed by atoms with Gasteiger partial charge < -0.3 is 10.3 Å². The van der Waals surface area contributed by atoms with E-state index in [0.29, 0.717) is 6.04 Å². The van der Waals surface area contributed by atoms with Crippen LogP contribution >= 0.6 is 0 Å². The van der Waals surface area contributed by atoms with E-state index in [9.17, 15) is 0 Å². The number of pyridine rings is 1. The Bertz CT molecular complexity index is 1020. The van der Waals surface area contributed by atoms with Gasteiger partial charge in [-0.2, -0.15) is 0 Å². The van der Waals surface area contributed by atoms with Crippen LogP contribution in [-0.4, -0.2) is 21.0 Å². The van der Waals surface area contributed by atoms with Gasteiger partial charge in [-0.15, -0.1) is 0 Å². The molecule has 0 saturated carbocycles. The van der Waals surface area contributed by atoms with Gasteiger partial charge in [0.2, 0.25) is 0 Å². The zero-order valence-corrected chi connectivity index (χ0v) is 14.4. The number of imidazole rings is 1. The summed E-state index contributed by atoms with van der Waals surface area (Å²) in [6.07, 6.45) is 5.90. The summed E-state index contributed by atoms with van der Waals surface area (Å²) < 4.78 is 0. The molecule has 0 unspecified atom stereocenters. The molecule has 4 heteroatoms. The van der Waals surface area contributed by atoms with E-state index >= 15 is 0 Å². The van der Waals surface area contributed by atoms with Gasteiger partial charge in [-0.25, -0.2) is 4.98 Å². The molecule has 2 N–H and O–H groups in total. The number of H-pyrrole nitrogens is 1. The molecular formula is C22H20N4. The number of aromatic nitrogens is 3. The lowest BCUT2D eigenvalue weighted by Gasteiger charge is -2.11.